The van der Waals surface area contributed by atoms with E-state index in [0.29, 0.717) is 22.7 Å². The molecule has 3 rings (SSSR count). The van der Waals surface area contributed by atoms with Gasteiger partial charge in [0.25, 0.3) is 0 Å². The molecular weight excluding hydrogens is 423 g/mol. The van der Waals surface area contributed by atoms with Gasteiger partial charge in [-0.05, 0) is 42.8 Å². The first-order chi connectivity index (χ1) is 13.4. The molecule has 8 heteroatoms. The highest BCUT2D eigenvalue weighted by atomic mass is 35.5. The lowest BCUT2D eigenvalue weighted by Gasteiger charge is -2.14. The highest BCUT2D eigenvalue weighted by Gasteiger charge is 2.14. The van der Waals surface area contributed by atoms with E-state index in [2.05, 4.69) is 10.3 Å². The van der Waals surface area contributed by atoms with Gasteiger partial charge in [0.15, 0.2) is 17.9 Å². The van der Waals surface area contributed by atoms with Crippen LogP contribution in [0.3, 0.4) is 0 Å². The van der Waals surface area contributed by atoms with Crippen molar-refractivity contribution >= 4 is 58.3 Å². The number of hydrogen-bond acceptors (Lipinski definition) is 5. The largest absolute Gasteiger partial charge is 0.505 e. The fraction of sp³-hybridized carbons (Fsp3) is 0.0500. The van der Waals surface area contributed by atoms with E-state index < -0.39 is 0 Å². The van der Waals surface area contributed by atoms with Crippen LogP contribution in [0.25, 0.3) is 0 Å². The Labute approximate surface area is 176 Å². The second-order valence-electron chi connectivity index (χ2n) is 5.81. The summed E-state index contributed by atoms with van der Waals surface area (Å²) < 4.78 is 5.41. The summed E-state index contributed by atoms with van der Waals surface area (Å²) in [4.78, 5) is 4.14. The van der Waals surface area contributed by atoms with E-state index in [9.17, 15) is 10.2 Å². The summed E-state index contributed by atoms with van der Waals surface area (Å²) in [6.07, 6.45) is 1.22. The predicted octanol–water partition coefficient (Wildman–Crippen LogP) is 6.85. The van der Waals surface area contributed by atoms with Gasteiger partial charge in [-0.2, -0.15) is 0 Å². The predicted molar refractivity (Wildman–Crippen MR) is 114 cm³/mol. The average Bonchev–Trinajstić information content (AvgIpc) is 2.68. The number of phenolic OH excluding ortho intramolecular Hbond substituents is 2. The lowest BCUT2D eigenvalue weighted by Crippen LogP contribution is -1.95. The van der Waals surface area contributed by atoms with Gasteiger partial charge in [-0.3, -0.25) is 0 Å². The van der Waals surface area contributed by atoms with Gasteiger partial charge in [0, 0.05) is 11.4 Å². The molecule has 0 unspecified atom stereocenters. The van der Waals surface area contributed by atoms with E-state index in [1.807, 2.05) is 18.2 Å². The van der Waals surface area contributed by atoms with E-state index in [0.717, 1.165) is 0 Å². The van der Waals surface area contributed by atoms with Crippen molar-refractivity contribution in [3.63, 3.8) is 0 Å². The minimum Gasteiger partial charge on any atom is -0.505 e. The monoisotopic (exact) mass is 436 g/mol. The molecule has 0 aromatic heterocycles. The molecule has 0 spiro atoms. The van der Waals surface area contributed by atoms with Crippen molar-refractivity contribution in [1.29, 1.82) is 0 Å². The van der Waals surface area contributed by atoms with Crippen LogP contribution in [-0.2, 0) is 0 Å². The van der Waals surface area contributed by atoms with Gasteiger partial charge >= 0.3 is 0 Å². The quantitative estimate of drug-likeness (QED) is 0.232. The Kier molecular flexibility index (Phi) is 6.19. The Morgan fingerprint density at radius 3 is 2.25 bits per heavy atom. The molecule has 0 aliphatic rings. The molecule has 3 aromatic carbocycles. The smallest absolute Gasteiger partial charge is 0.181 e. The SMILES string of the molecule is Cc1c(Nc2cc(Cl)c(O)c(Cl)c2)cc(N=COc2ccccc2)c(O)c1Cl. The average molecular weight is 438 g/mol. The number of ether oxygens (including phenoxy) is 1. The topological polar surface area (TPSA) is 74.1 Å². The molecule has 28 heavy (non-hydrogen) atoms. The fourth-order valence-corrected chi connectivity index (χ4v) is 3.07. The molecule has 0 saturated heterocycles. The first kappa shape index (κ1) is 20.1. The number of aliphatic imine (C=N–C) groups is 1. The normalized spacial score (nSPS) is 11.0. The van der Waals surface area contributed by atoms with Crippen molar-refractivity contribution in [2.45, 2.75) is 6.92 Å². The Balaban J connectivity index is 1.90. The number of aromatic hydroxyl groups is 2. The van der Waals surface area contributed by atoms with Gasteiger partial charge < -0.3 is 20.3 Å². The maximum absolute atomic E-state index is 10.3. The number of hydrogen-bond donors (Lipinski definition) is 3. The molecule has 0 saturated carbocycles. The Hall–Kier alpha value is -2.60. The Bertz CT molecular complexity index is 1020. The zero-order valence-electron chi connectivity index (χ0n) is 14.6. The maximum Gasteiger partial charge on any atom is 0.181 e. The number of anilines is 2. The van der Waals surface area contributed by atoms with Crippen LogP contribution in [0.15, 0.2) is 53.5 Å². The second kappa shape index (κ2) is 8.61. The van der Waals surface area contributed by atoms with Crippen molar-refractivity contribution in [2.75, 3.05) is 5.32 Å². The molecular formula is C20H15Cl3N2O3. The number of phenols is 2. The number of nitrogens with zero attached hydrogens (tertiary/aromatic N) is 1. The van der Waals surface area contributed by atoms with Crippen molar-refractivity contribution in [3.05, 3.63) is 69.2 Å². The van der Waals surface area contributed by atoms with Crippen molar-refractivity contribution in [1.82, 2.24) is 0 Å². The summed E-state index contributed by atoms with van der Waals surface area (Å²) in [5.74, 6) is 0.243. The molecule has 3 aromatic rings. The number of benzene rings is 3. The van der Waals surface area contributed by atoms with Crippen molar-refractivity contribution in [3.8, 4) is 17.2 Å². The van der Waals surface area contributed by atoms with E-state index in [1.165, 1.54) is 18.5 Å². The van der Waals surface area contributed by atoms with Crippen LogP contribution in [0.5, 0.6) is 17.2 Å². The minimum absolute atomic E-state index is 0.104. The molecule has 0 aliphatic heterocycles. The fourth-order valence-electron chi connectivity index (χ4n) is 2.39. The third kappa shape index (κ3) is 4.44. The van der Waals surface area contributed by atoms with Crippen molar-refractivity contribution in [2.24, 2.45) is 4.99 Å². The molecule has 5 nitrogen and oxygen atoms in total. The van der Waals surface area contributed by atoms with Gasteiger partial charge in [-0.1, -0.05) is 53.0 Å². The molecule has 0 radical (unpaired) electrons. The molecule has 0 atom stereocenters. The Morgan fingerprint density at radius 1 is 0.964 bits per heavy atom. The van der Waals surface area contributed by atoms with Gasteiger partial charge in [0.05, 0.1) is 15.1 Å². The highest BCUT2D eigenvalue weighted by Crippen LogP contribution is 2.42. The van der Waals surface area contributed by atoms with Crippen LogP contribution < -0.4 is 10.1 Å². The molecule has 3 N–H and O–H groups in total. The minimum atomic E-state index is -0.197. The number of nitrogens with one attached hydrogen (secondary N) is 1. The molecule has 0 fully saturated rings. The number of halogens is 3. The van der Waals surface area contributed by atoms with Gasteiger partial charge in [0.1, 0.15) is 11.4 Å². The van der Waals surface area contributed by atoms with E-state index in [4.69, 9.17) is 39.5 Å². The zero-order chi connectivity index (χ0) is 20.3. The summed E-state index contributed by atoms with van der Waals surface area (Å²) in [6, 6.07) is 13.7. The molecule has 0 heterocycles. The summed E-state index contributed by atoms with van der Waals surface area (Å²) in [5, 5.41) is 23.4. The van der Waals surface area contributed by atoms with Crippen molar-refractivity contribution < 1.29 is 14.9 Å². The summed E-state index contributed by atoms with van der Waals surface area (Å²) >= 11 is 18.2. The van der Waals surface area contributed by atoms with Crippen LogP contribution in [0.4, 0.5) is 17.1 Å². The number of para-hydroxylation sites is 1. The summed E-state index contributed by atoms with van der Waals surface area (Å²) in [5.41, 5.74) is 1.92. The number of rotatable bonds is 5. The van der Waals surface area contributed by atoms with Crippen LogP contribution in [0.1, 0.15) is 5.56 Å². The standard InChI is InChI=1S/C20H15Cl3N2O3/c1-11-16(25-12-7-14(21)19(26)15(22)8-12)9-17(20(27)18(11)23)24-10-28-13-5-3-2-4-6-13/h2-10,25-27H,1H3. The zero-order valence-corrected chi connectivity index (χ0v) is 16.8. The summed E-state index contributed by atoms with van der Waals surface area (Å²) in [7, 11) is 0. The highest BCUT2D eigenvalue weighted by molar-refractivity contribution is 6.37. The second-order valence-corrected chi connectivity index (χ2v) is 7.00. The van der Waals surface area contributed by atoms with Crippen LogP contribution in [-0.4, -0.2) is 16.6 Å². The Morgan fingerprint density at radius 2 is 1.61 bits per heavy atom. The molecule has 0 amide bonds. The van der Waals surface area contributed by atoms with Crippen LogP contribution >= 0.6 is 34.8 Å². The van der Waals surface area contributed by atoms with E-state index in [1.54, 1.807) is 25.1 Å². The van der Waals surface area contributed by atoms with E-state index in [-0.39, 0.29) is 32.3 Å². The summed E-state index contributed by atoms with van der Waals surface area (Å²) in [6.45, 7) is 1.74. The van der Waals surface area contributed by atoms with Gasteiger partial charge in [-0.25, -0.2) is 4.99 Å². The first-order valence-corrected chi connectivity index (χ1v) is 9.21. The maximum atomic E-state index is 10.3. The van der Waals surface area contributed by atoms with Crippen LogP contribution in [0, 0.1) is 6.92 Å². The molecule has 0 bridgehead atoms. The first-order valence-electron chi connectivity index (χ1n) is 8.08. The molecule has 0 aliphatic carbocycles. The molecule has 144 valence electrons. The van der Waals surface area contributed by atoms with E-state index >= 15 is 0 Å². The lowest BCUT2D eigenvalue weighted by atomic mass is 10.1. The van der Waals surface area contributed by atoms with Crippen LogP contribution in [0.2, 0.25) is 15.1 Å². The van der Waals surface area contributed by atoms with Gasteiger partial charge in [0.2, 0.25) is 0 Å². The van der Waals surface area contributed by atoms with Gasteiger partial charge in [-0.15, -0.1) is 0 Å². The third-order valence-electron chi connectivity index (χ3n) is 3.88. The lowest BCUT2D eigenvalue weighted by molar-refractivity contribution is 0.476. The third-order valence-corrected chi connectivity index (χ3v) is 4.92.